The van der Waals surface area contributed by atoms with Gasteiger partial charge in [0.2, 0.25) is 11.6 Å². The highest BCUT2D eigenvalue weighted by atomic mass is 16.5. The summed E-state index contributed by atoms with van der Waals surface area (Å²) in [7, 11) is 1.48. The van der Waals surface area contributed by atoms with E-state index >= 15 is 0 Å². The largest absolute Gasteiger partial charge is 0.481 e. The Bertz CT molecular complexity index is 771. The van der Waals surface area contributed by atoms with Crippen LogP contribution in [-0.2, 0) is 20.1 Å². The Labute approximate surface area is 164 Å². The molecule has 1 aromatic carbocycles. The molecule has 0 saturated heterocycles. The quantitative estimate of drug-likeness (QED) is 0.675. The lowest BCUT2D eigenvalue weighted by atomic mass is 9.77. The highest BCUT2D eigenvalue weighted by Gasteiger charge is 2.42. The number of carbonyl (C=O) groups excluding carboxylic acids is 1. The number of amides is 1. The summed E-state index contributed by atoms with van der Waals surface area (Å²) in [4.78, 5) is 29.0. The fourth-order valence-corrected chi connectivity index (χ4v) is 4.08. The second-order valence-electron chi connectivity index (χ2n) is 7.22. The van der Waals surface area contributed by atoms with E-state index < -0.39 is 17.6 Å². The van der Waals surface area contributed by atoms with Crippen LogP contribution in [0.15, 0.2) is 47.4 Å². The van der Waals surface area contributed by atoms with Crippen molar-refractivity contribution < 1.29 is 23.8 Å². The molecule has 3 rings (SSSR count). The van der Waals surface area contributed by atoms with Crippen LogP contribution in [0.25, 0.3) is 0 Å². The molecule has 1 aliphatic carbocycles. The number of oxazole rings is 1. The van der Waals surface area contributed by atoms with Crippen LogP contribution in [0.5, 0.6) is 0 Å². The van der Waals surface area contributed by atoms with E-state index in [9.17, 15) is 14.7 Å². The lowest BCUT2D eigenvalue weighted by molar-refractivity contribution is -0.145. The van der Waals surface area contributed by atoms with E-state index in [4.69, 9.17) is 9.15 Å². The molecule has 150 valence electrons. The number of aromatic nitrogens is 1. The SMILES string of the molecule is COC(NC(=O)C(CC(=O)O)C1CCCCC1)(c1ccccc1)c1cocn1. The van der Waals surface area contributed by atoms with Crippen molar-refractivity contribution in [1.29, 1.82) is 0 Å². The predicted molar refractivity (Wildman–Crippen MR) is 101 cm³/mol. The normalized spacial score (nSPS) is 18.2. The smallest absolute Gasteiger partial charge is 0.304 e. The first-order valence-electron chi connectivity index (χ1n) is 9.60. The zero-order valence-electron chi connectivity index (χ0n) is 16.0. The summed E-state index contributed by atoms with van der Waals surface area (Å²) in [6.07, 6.45) is 7.38. The average Bonchev–Trinajstić information content (AvgIpc) is 3.26. The molecule has 2 aromatic rings. The molecule has 1 fully saturated rings. The Morgan fingerprint density at radius 2 is 2.00 bits per heavy atom. The Hall–Kier alpha value is -2.67. The number of nitrogens with one attached hydrogen (secondary N) is 1. The minimum absolute atomic E-state index is 0.0486. The fourth-order valence-electron chi connectivity index (χ4n) is 4.08. The molecule has 1 amide bonds. The summed E-state index contributed by atoms with van der Waals surface area (Å²) in [6, 6.07) is 9.19. The van der Waals surface area contributed by atoms with Crippen molar-refractivity contribution in [3.63, 3.8) is 0 Å². The molecule has 2 unspecified atom stereocenters. The van der Waals surface area contributed by atoms with Crippen molar-refractivity contribution in [1.82, 2.24) is 10.3 Å². The van der Waals surface area contributed by atoms with Crippen molar-refractivity contribution in [3.8, 4) is 0 Å². The standard InChI is InChI=1S/C21H26N2O5/c1-27-21(18-13-28-14-22-18,16-10-6-3-7-11-16)23-20(26)17(12-19(24)25)15-8-4-2-5-9-15/h3,6-7,10-11,13-15,17H,2,4-5,8-9,12H2,1H3,(H,23,26)(H,24,25). The molecule has 2 N–H and O–H groups in total. The number of methoxy groups -OCH3 is 1. The molecule has 1 saturated carbocycles. The molecule has 0 spiro atoms. The fraction of sp³-hybridized carbons (Fsp3) is 0.476. The average molecular weight is 386 g/mol. The Morgan fingerprint density at radius 1 is 1.29 bits per heavy atom. The van der Waals surface area contributed by atoms with Crippen LogP contribution < -0.4 is 5.32 Å². The first-order chi connectivity index (χ1) is 13.6. The van der Waals surface area contributed by atoms with Gasteiger partial charge in [-0.15, -0.1) is 0 Å². The predicted octanol–water partition coefficient (Wildman–Crippen LogP) is 3.31. The van der Waals surface area contributed by atoms with Gasteiger partial charge in [-0.25, -0.2) is 4.98 Å². The van der Waals surface area contributed by atoms with Crippen LogP contribution in [0, 0.1) is 11.8 Å². The minimum atomic E-state index is -1.35. The Morgan fingerprint density at radius 3 is 2.57 bits per heavy atom. The summed E-state index contributed by atoms with van der Waals surface area (Å²) in [5.41, 5.74) is -0.277. The Balaban J connectivity index is 1.94. The van der Waals surface area contributed by atoms with E-state index in [-0.39, 0.29) is 18.2 Å². The van der Waals surface area contributed by atoms with Crippen molar-refractivity contribution >= 4 is 11.9 Å². The first-order valence-corrected chi connectivity index (χ1v) is 9.60. The summed E-state index contributed by atoms with van der Waals surface area (Å²) in [5.74, 6) is -1.90. The zero-order chi connectivity index (χ0) is 20.0. The molecule has 28 heavy (non-hydrogen) atoms. The summed E-state index contributed by atoms with van der Waals surface area (Å²) < 4.78 is 10.9. The topological polar surface area (TPSA) is 102 Å². The van der Waals surface area contributed by atoms with Crippen LogP contribution in [0.4, 0.5) is 0 Å². The molecule has 1 heterocycles. The molecule has 7 heteroatoms. The van der Waals surface area contributed by atoms with Crippen molar-refractivity contribution in [2.75, 3.05) is 7.11 Å². The van der Waals surface area contributed by atoms with Gasteiger partial charge in [0.25, 0.3) is 0 Å². The monoisotopic (exact) mass is 386 g/mol. The number of aliphatic carboxylic acids is 1. The lowest BCUT2D eigenvalue weighted by Gasteiger charge is -2.35. The highest BCUT2D eigenvalue weighted by Crippen LogP contribution is 2.35. The molecular formula is C21H26N2O5. The highest BCUT2D eigenvalue weighted by molar-refractivity contribution is 5.84. The number of carbonyl (C=O) groups is 2. The second-order valence-corrected chi connectivity index (χ2v) is 7.22. The molecule has 0 bridgehead atoms. The van der Waals surface area contributed by atoms with Crippen molar-refractivity contribution in [2.45, 2.75) is 44.2 Å². The van der Waals surface area contributed by atoms with E-state index in [1.807, 2.05) is 30.3 Å². The number of ether oxygens (including phenoxy) is 1. The minimum Gasteiger partial charge on any atom is -0.481 e. The van der Waals surface area contributed by atoms with Gasteiger partial charge >= 0.3 is 5.97 Å². The van der Waals surface area contributed by atoms with Gasteiger partial charge in [0.1, 0.15) is 12.0 Å². The second kappa shape index (κ2) is 9.01. The maximum atomic E-state index is 13.3. The number of hydrogen-bond acceptors (Lipinski definition) is 5. The van der Waals surface area contributed by atoms with Gasteiger partial charge in [0.05, 0.1) is 12.3 Å². The molecule has 2 atom stereocenters. The van der Waals surface area contributed by atoms with Crippen LogP contribution in [0.1, 0.15) is 49.8 Å². The number of rotatable bonds is 8. The number of carboxylic acids is 1. The summed E-state index contributed by atoms with van der Waals surface area (Å²) in [5, 5.41) is 12.3. The van der Waals surface area contributed by atoms with Crippen LogP contribution in [-0.4, -0.2) is 29.1 Å². The third-order valence-corrected chi connectivity index (χ3v) is 5.53. The van der Waals surface area contributed by atoms with Gasteiger partial charge in [-0.1, -0.05) is 49.6 Å². The maximum absolute atomic E-state index is 13.3. The zero-order valence-corrected chi connectivity index (χ0v) is 16.0. The Kier molecular flexibility index (Phi) is 6.46. The maximum Gasteiger partial charge on any atom is 0.304 e. The summed E-state index contributed by atoms with van der Waals surface area (Å²) in [6.45, 7) is 0. The van der Waals surface area contributed by atoms with E-state index in [1.54, 1.807) is 0 Å². The van der Waals surface area contributed by atoms with Gasteiger partial charge in [0, 0.05) is 12.7 Å². The van der Waals surface area contributed by atoms with E-state index in [0.29, 0.717) is 11.3 Å². The molecule has 7 nitrogen and oxygen atoms in total. The molecule has 0 radical (unpaired) electrons. The molecular weight excluding hydrogens is 360 g/mol. The number of benzene rings is 1. The number of hydrogen-bond donors (Lipinski definition) is 2. The van der Waals surface area contributed by atoms with Gasteiger partial charge in [-0.05, 0) is 18.8 Å². The van der Waals surface area contributed by atoms with E-state index in [1.165, 1.54) is 19.8 Å². The van der Waals surface area contributed by atoms with Crippen LogP contribution in [0.3, 0.4) is 0 Å². The molecule has 1 aliphatic rings. The number of nitrogens with zero attached hydrogens (tertiary/aromatic N) is 1. The van der Waals surface area contributed by atoms with Gasteiger partial charge in [-0.2, -0.15) is 0 Å². The van der Waals surface area contributed by atoms with Gasteiger partial charge in [0.15, 0.2) is 6.39 Å². The van der Waals surface area contributed by atoms with Crippen molar-refractivity contribution in [2.24, 2.45) is 11.8 Å². The van der Waals surface area contributed by atoms with E-state index in [0.717, 1.165) is 32.1 Å². The van der Waals surface area contributed by atoms with Gasteiger partial charge in [-0.3, -0.25) is 9.59 Å². The third-order valence-electron chi connectivity index (χ3n) is 5.53. The molecule has 0 aliphatic heterocycles. The number of carboxylic acid groups (broad SMARTS) is 1. The van der Waals surface area contributed by atoms with Gasteiger partial charge < -0.3 is 19.6 Å². The lowest BCUT2D eigenvalue weighted by Crippen LogP contribution is -2.52. The van der Waals surface area contributed by atoms with Crippen LogP contribution in [0.2, 0.25) is 0 Å². The van der Waals surface area contributed by atoms with Crippen LogP contribution >= 0.6 is 0 Å². The summed E-state index contributed by atoms with van der Waals surface area (Å²) >= 11 is 0. The third kappa shape index (κ3) is 4.25. The van der Waals surface area contributed by atoms with Crippen molar-refractivity contribution in [3.05, 3.63) is 54.2 Å². The first kappa shape index (κ1) is 20.1. The molecule has 1 aromatic heterocycles. The van der Waals surface area contributed by atoms with E-state index in [2.05, 4.69) is 10.3 Å².